The van der Waals surface area contributed by atoms with Crippen LogP contribution in [0.3, 0.4) is 0 Å². The third-order valence-corrected chi connectivity index (χ3v) is 2.40. The van der Waals surface area contributed by atoms with Crippen molar-refractivity contribution < 1.29 is 4.74 Å². The molecule has 0 atom stereocenters. The first-order valence-corrected chi connectivity index (χ1v) is 6.00. The van der Waals surface area contributed by atoms with Gasteiger partial charge in [0.05, 0.1) is 13.2 Å². The largest absolute Gasteiger partial charge is 0.494 e. The molecule has 0 saturated carbocycles. The van der Waals surface area contributed by atoms with Gasteiger partial charge in [-0.25, -0.2) is 0 Å². The Morgan fingerprint density at radius 2 is 2.28 bits per heavy atom. The fourth-order valence-corrected chi connectivity index (χ4v) is 1.65. The van der Waals surface area contributed by atoms with Gasteiger partial charge in [-0.05, 0) is 29.8 Å². The van der Waals surface area contributed by atoms with E-state index >= 15 is 0 Å². The van der Waals surface area contributed by atoms with Crippen LogP contribution in [-0.4, -0.2) is 33.4 Å². The predicted octanol–water partition coefficient (Wildman–Crippen LogP) is 0.621. The standard InChI is InChI=1S/C12H17N5O/c1-2-18-11-5-3-4-10(8-11)9-12-14-16-17(15-12)7-6-13/h3-5,8H,2,6-7,9,13H2,1H3. The molecule has 0 fully saturated rings. The zero-order valence-corrected chi connectivity index (χ0v) is 10.4. The molecular formula is C12H17N5O. The predicted molar refractivity (Wildman–Crippen MR) is 67.3 cm³/mol. The molecule has 0 radical (unpaired) electrons. The van der Waals surface area contributed by atoms with Crippen molar-refractivity contribution in [1.82, 2.24) is 20.2 Å². The van der Waals surface area contributed by atoms with Gasteiger partial charge < -0.3 is 10.5 Å². The van der Waals surface area contributed by atoms with Gasteiger partial charge in [-0.2, -0.15) is 4.80 Å². The number of aromatic nitrogens is 4. The lowest BCUT2D eigenvalue weighted by atomic mass is 10.1. The molecule has 1 aromatic carbocycles. The Hall–Kier alpha value is -1.95. The fraction of sp³-hybridized carbons (Fsp3) is 0.417. The molecule has 1 heterocycles. The molecule has 1 aromatic heterocycles. The van der Waals surface area contributed by atoms with Gasteiger partial charge in [-0.1, -0.05) is 12.1 Å². The molecule has 0 unspecified atom stereocenters. The summed E-state index contributed by atoms with van der Waals surface area (Å²) >= 11 is 0. The van der Waals surface area contributed by atoms with Crippen LogP contribution >= 0.6 is 0 Å². The van der Waals surface area contributed by atoms with Crippen LogP contribution in [0.4, 0.5) is 0 Å². The number of tetrazole rings is 1. The summed E-state index contributed by atoms with van der Waals surface area (Å²) in [4.78, 5) is 1.52. The summed E-state index contributed by atoms with van der Waals surface area (Å²) in [5.74, 6) is 1.56. The number of benzene rings is 1. The lowest BCUT2D eigenvalue weighted by Crippen LogP contribution is -2.12. The van der Waals surface area contributed by atoms with Crippen LogP contribution in [0.1, 0.15) is 18.3 Å². The van der Waals surface area contributed by atoms with Crippen LogP contribution < -0.4 is 10.5 Å². The van der Waals surface area contributed by atoms with Gasteiger partial charge >= 0.3 is 0 Å². The Bertz CT molecular complexity index is 497. The highest BCUT2D eigenvalue weighted by molar-refractivity contribution is 5.30. The van der Waals surface area contributed by atoms with Gasteiger partial charge in [0, 0.05) is 13.0 Å². The average molecular weight is 247 g/mol. The van der Waals surface area contributed by atoms with Crippen molar-refractivity contribution >= 4 is 0 Å². The van der Waals surface area contributed by atoms with E-state index in [1.54, 1.807) is 0 Å². The van der Waals surface area contributed by atoms with Gasteiger partial charge in [-0.3, -0.25) is 0 Å². The van der Waals surface area contributed by atoms with Crippen molar-refractivity contribution in [3.8, 4) is 5.75 Å². The van der Waals surface area contributed by atoms with Crippen molar-refractivity contribution in [2.75, 3.05) is 13.2 Å². The molecule has 6 heteroatoms. The van der Waals surface area contributed by atoms with Gasteiger partial charge in [-0.15, -0.1) is 10.2 Å². The molecule has 0 aliphatic rings. The smallest absolute Gasteiger partial charge is 0.179 e. The maximum atomic E-state index is 5.45. The number of hydrogen-bond acceptors (Lipinski definition) is 5. The third-order valence-electron chi connectivity index (χ3n) is 2.40. The summed E-state index contributed by atoms with van der Waals surface area (Å²) in [5.41, 5.74) is 6.54. The van der Waals surface area contributed by atoms with E-state index in [1.165, 1.54) is 4.80 Å². The molecule has 2 aromatic rings. The Kier molecular flexibility index (Phi) is 4.25. The second-order valence-electron chi connectivity index (χ2n) is 3.85. The van der Waals surface area contributed by atoms with Crippen LogP contribution in [0.5, 0.6) is 5.75 Å². The lowest BCUT2D eigenvalue weighted by Gasteiger charge is -2.04. The second-order valence-corrected chi connectivity index (χ2v) is 3.85. The fourth-order valence-electron chi connectivity index (χ4n) is 1.65. The maximum absolute atomic E-state index is 5.45. The van der Waals surface area contributed by atoms with Crippen molar-refractivity contribution in [2.24, 2.45) is 5.73 Å². The molecule has 0 spiro atoms. The average Bonchev–Trinajstić information content (AvgIpc) is 2.78. The molecule has 0 aliphatic carbocycles. The molecule has 0 aliphatic heterocycles. The van der Waals surface area contributed by atoms with Gasteiger partial charge in [0.25, 0.3) is 0 Å². The molecular weight excluding hydrogens is 230 g/mol. The molecule has 0 saturated heterocycles. The van der Waals surface area contributed by atoms with Crippen LogP contribution in [0.15, 0.2) is 24.3 Å². The van der Waals surface area contributed by atoms with Crippen molar-refractivity contribution in [1.29, 1.82) is 0 Å². The van der Waals surface area contributed by atoms with Crippen LogP contribution in [0, 0.1) is 0 Å². The van der Waals surface area contributed by atoms with E-state index in [1.807, 2.05) is 31.2 Å². The molecule has 96 valence electrons. The Labute approximate surface area is 106 Å². The molecule has 0 bridgehead atoms. The Morgan fingerprint density at radius 1 is 1.39 bits per heavy atom. The number of nitrogens with two attached hydrogens (primary N) is 1. The highest BCUT2D eigenvalue weighted by Crippen LogP contribution is 2.14. The zero-order chi connectivity index (χ0) is 12.8. The van der Waals surface area contributed by atoms with E-state index in [9.17, 15) is 0 Å². The van der Waals surface area contributed by atoms with Crippen molar-refractivity contribution in [3.63, 3.8) is 0 Å². The minimum Gasteiger partial charge on any atom is -0.494 e. The first-order valence-electron chi connectivity index (χ1n) is 6.00. The molecule has 0 amide bonds. The number of ether oxygens (including phenoxy) is 1. The molecule has 2 rings (SSSR count). The van der Waals surface area contributed by atoms with E-state index in [4.69, 9.17) is 10.5 Å². The van der Waals surface area contributed by atoms with Crippen molar-refractivity contribution in [3.05, 3.63) is 35.7 Å². The van der Waals surface area contributed by atoms with Crippen LogP contribution in [0.2, 0.25) is 0 Å². The zero-order valence-electron chi connectivity index (χ0n) is 10.4. The topological polar surface area (TPSA) is 78.9 Å². The van der Waals surface area contributed by atoms with E-state index in [0.29, 0.717) is 31.9 Å². The highest BCUT2D eigenvalue weighted by Gasteiger charge is 2.04. The number of nitrogens with zero attached hydrogens (tertiary/aromatic N) is 4. The molecule has 18 heavy (non-hydrogen) atoms. The first-order chi connectivity index (χ1) is 8.81. The molecule has 2 N–H and O–H groups in total. The van der Waals surface area contributed by atoms with E-state index in [2.05, 4.69) is 15.4 Å². The van der Waals surface area contributed by atoms with Crippen LogP contribution in [-0.2, 0) is 13.0 Å². The summed E-state index contributed by atoms with van der Waals surface area (Å²) in [6, 6.07) is 7.91. The lowest BCUT2D eigenvalue weighted by molar-refractivity contribution is 0.340. The number of hydrogen-bond donors (Lipinski definition) is 1. The maximum Gasteiger partial charge on any atom is 0.179 e. The summed E-state index contributed by atoms with van der Waals surface area (Å²) in [6.07, 6.45) is 0.644. The SMILES string of the molecule is CCOc1cccc(Cc2nnn(CCN)n2)c1. The summed E-state index contributed by atoms with van der Waals surface area (Å²) < 4.78 is 5.45. The van der Waals surface area contributed by atoms with Gasteiger partial charge in [0.1, 0.15) is 5.75 Å². The number of rotatable bonds is 6. The first kappa shape index (κ1) is 12.5. The molecule has 6 nitrogen and oxygen atoms in total. The summed E-state index contributed by atoms with van der Waals surface area (Å²) in [6.45, 7) is 3.72. The minimum atomic E-state index is 0.510. The van der Waals surface area contributed by atoms with E-state index in [0.717, 1.165) is 11.3 Å². The quantitative estimate of drug-likeness (QED) is 0.809. The normalized spacial score (nSPS) is 10.6. The third kappa shape index (κ3) is 3.27. The summed E-state index contributed by atoms with van der Waals surface area (Å²) in [5, 5.41) is 12.2. The minimum absolute atomic E-state index is 0.510. The van der Waals surface area contributed by atoms with Crippen LogP contribution in [0.25, 0.3) is 0 Å². The Morgan fingerprint density at radius 3 is 3.06 bits per heavy atom. The second kappa shape index (κ2) is 6.11. The monoisotopic (exact) mass is 247 g/mol. The van der Waals surface area contributed by atoms with Gasteiger partial charge in [0.2, 0.25) is 0 Å². The highest BCUT2D eigenvalue weighted by atomic mass is 16.5. The van der Waals surface area contributed by atoms with E-state index in [-0.39, 0.29) is 0 Å². The Balaban J connectivity index is 2.05. The van der Waals surface area contributed by atoms with Crippen molar-refractivity contribution in [2.45, 2.75) is 19.9 Å². The van der Waals surface area contributed by atoms with E-state index < -0.39 is 0 Å². The summed E-state index contributed by atoms with van der Waals surface area (Å²) in [7, 11) is 0. The van der Waals surface area contributed by atoms with Gasteiger partial charge in [0.15, 0.2) is 5.82 Å².